The first kappa shape index (κ1) is 14.1. The molecule has 0 aliphatic rings. The molecule has 3 N–H and O–H groups in total. The number of nitrogens with one attached hydrogen (secondary N) is 1. The molecule has 0 bridgehead atoms. The predicted octanol–water partition coefficient (Wildman–Crippen LogP) is 1.07. The molecule has 0 aromatic heterocycles. The minimum Gasteiger partial charge on any atom is -0.271 e. The third kappa shape index (κ3) is 3.24. The summed E-state index contributed by atoms with van der Waals surface area (Å²) in [6.07, 6.45) is 1.13. The van der Waals surface area contributed by atoms with E-state index in [0.29, 0.717) is 11.1 Å². The fraction of sp³-hybridized carbons (Fsp3) is 0.455. The second-order valence-electron chi connectivity index (χ2n) is 4.19. The van der Waals surface area contributed by atoms with Gasteiger partial charge in [0.25, 0.3) is 0 Å². The number of hydrogen-bond donors (Lipinski definition) is 2. The van der Waals surface area contributed by atoms with E-state index in [0.717, 1.165) is 6.26 Å². The standard InChI is InChI=1S/C11H17FN2O2S/c1-7-4-5-9(6-10(7)12)11(14-13)8(2)17(3,15)16/h4-6,8,11,14H,13H2,1-3H3. The lowest BCUT2D eigenvalue weighted by Gasteiger charge is -2.22. The molecule has 4 nitrogen and oxygen atoms in total. The van der Waals surface area contributed by atoms with E-state index in [9.17, 15) is 12.8 Å². The van der Waals surface area contributed by atoms with Crippen molar-refractivity contribution in [2.24, 2.45) is 5.84 Å². The lowest BCUT2D eigenvalue weighted by Crippen LogP contribution is -2.38. The normalized spacial score (nSPS) is 15.6. The van der Waals surface area contributed by atoms with Crippen LogP contribution < -0.4 is 11.3 Å². The molecule has 0 fully saturated rings. The van der Waals surface area contributed by atoms with Gasteiger partial charge < -0.3 is 0 Å². The highest BCUT2D eigenvalue weighted by molar-refractivity contribution is 7.91. The van der Waals surface area contributed by atoms with Crippen molar-refractivity contribution in [1.82, 2.24) is 5.43 Å². The van der Waals surface area contributed by atoms with E-state index in [1.165, 1.54) is 13.0 Å². The molecule has 0 saturated heterocycles. The third-order valence-corrected chi connectivity index (χ3v) is 4.50. The number of hydrazine groups is 1. The summed E-state index contributed by atoms with van der Waals surface area (Å²) >= 11 is 0. The van der Waals surface area contributed by atoms with Gasteiger partial charge in [-0.15, -0.1) is 0 Å². The van der Waals surface area contributed by atoms with E-state index < -0.39 is 21.1 Å². The molecule has 17 heavy (non-hydrogen) atoms. The van der Waals surface area contributed by atoms with Gasteiger partial charge >= 0.3 is 0 Å². The molecule has 0 saturated carbocycles. The highest BCUT2D eigenvalue weighted by atomic mass is 32.2. The fourth-order valence-corrected chi connectivity index (χ4v) is 2.28. The molecule has 1 rings (SSSR count). The topological polar surface area (TPSA) is 72.2 Å². The maximum Gasteiger partial charge on any atom is 0.151 e. The molecule has 0 aliphatic heterocycles. The highest BCUT2D eigenvalue weighted by Crippen LogP contribution is 2.22. The summed E-state index contributed by atoms with van der Waals surface area (Å²) in [6.45, 7) is 3.18. The summed E-state index contributed by atoms with van der Waals surface area (Å²) in [4.78, 5) is 0. The molecule has 0 radical (unpaired) electrons. The Kier molecular flexibility index (Phi) is 4.24. The fourth-order valence-electron chi connectivity index (χ4n) is 1.55. The van der Waals surface area contributed by atoms with Crippen molar-refractivity contribution in [3.05, 3.63) is 35.1 Å². The number of benzene rings is 1. The number of nitrogens with two attached hydrogens (primary N) is 1. The first-order valence-electron chi connectivity index (χ1n) is 5.18. The number of aryl methyl sites for hydroxylation is 1. The second-order valence-corrected chi connectivity index (χ2v) is 6.59. The van der Waals surface area contributed by atoms with Gasteiger partial charge in [-0.25, -0.2) is 12.8 Å². The van der Waals surface area contributed by atoms with Gasteiger partial charge in [0.05, 0.1) is 11.3 Å². The Balaban J connectivity index is 3.14. The molecule has 0 amide bonds. The zero-order valence-corrected chi connectivity index (χ0v) is 10.9. The second kappa shape index (κ2) is 5.12. The van der Waals surface area contributed by atoms with Crippen LogP contribution in [0.15, 0.2) is 18.2 Å². The average molecular weight is 260 g/mol. The van der Waals surface area contributed by atoms with Crippen LogP contribution in [0.2, 0.25) is 0 Å². The third-order valence-electron chi connectivity index (χ3n) is 2.88. The largest absolute Gasteiger partial charge is 0.271 e. The molecule has 96 valence electrons. The Morgan fingerprint density at radius 3 is 2.41 bits per heavy atom. The molecule has 6 heteroatoms. The number of rotatable bonds is 4. The van der Waals surface area contributed by atoms with Crippen molar-refractivity contribution >= 4 is 9.84 Å². The van der Waals surface area contributed by atoms with Crippen LogP contribution in [0, 0.1) is 12.7 Å². The number of sulfone groups is 1. The number of halogens is 1. The van der Waals surface area contributed by atoms with Crippen LogP contribution >= 0.6 is 0 Å². The van der Waals surface area contributed by atoms with E-state index in [2.05, 4.69) is 5.43 Å². The van der Waals surface area contributed by atoms with Crippen LogP contribution in [0.5, 0.6) is 0 Å². The van der Waals surface area contributed by atoms with Crippen LogP contribution in [0.1, 0.15) is 24.1 Å². The van der Waals surface area contributed by atoms with E-state index in [4.69, 9.17) is 5.84 Å². The van der Waals surface area contributed by atoms with Crippen molar-refractivity contribution in [1.29, 1.82) is 0 Å². The van der Waals surface area contributed by atoms with Crippen molar-refractivity contribution in [2.75, 3.05) is 6.26 Å². The molecular weight excluding hydrogens is 243 g/mol. The van der Waals surface area contributed by atoms with E-state index in [1.54, 1.807) is 19.1 Å². The Morgan fingerprint density at radius 2 is 2.00 bits per heavy atom. The molecule has 2 atom stereocenters. The van der Waals surface area contributed by atoms with Crippen LogP contribution in [0.25, 0.3) is 0 Å². The zero-order chi connectivity index (χ0) is 13.2. The smallest absolute Gasteiger partial charge is 0.151 e. The Labute approximate surface area is 101 Å². The first-order chi connectivity index (χ1) is 7.77. The monoisotopic (exact) mass is 260 g/mol. The summed E-state index contributed by atoms with van der Waals surface area (Å²) in [6, 6.07) is 3.95. The van der Waals surface area contributed by atoms with E-state index >= 15 is 0 Å². The van der Waals surface area contributed by atoms with Crippen LogP contribution in [-0.4, -0.2) is 19.9 Å². The van der Waals surface area contributed by atoms with Crippen molar-refractivity contribution in [3.63, 3.8) is 0 Å². The van der Waals surface area contributed by atoms with Gasteiger partial charge in [0.2, 0.25) is 0 Å². The maximum absolute atomic E-state index is 13.4. The summed E-state index contributed by atoms with van der Waals surface area (Å²) in [7, 11) is -3.25. The van der Waals surface area contributed by atoms with Crippen molar-refractivity contribution in [2.45, 2.75) is 25.1 Å². The van der Waals surface area contributed by atoms with Gasteiger partial charge in [-0.2, -0.15) is 0 Å². The quantitative estimate of drug-likeness (QED) is 0.627. The Hall–Kier alpha value is -0.980. The van der Waals surface area contributed by atoms with Gasteiger partial charge in [0, 0.05) is 6.26 Å². The van der Waals surface area contributed by atoms with Crippen molar-refractivity contribution < 1.29 is 12.8 Å². The Morgan fingerprint density at radius 1 is 1.41 bits per heavy atom. The molecule has 1 aromatic carbocycles. The van der Waals surface area contributed by atoms with Crippen LogP contribution in [0.4, 0.5) is 4.39 Å². The van der Waals surface area contributed by atoms with Crippen molar-refractivity contribution in [3.8, 4) is 0 Å². The highest BCUT2D eigenvalue weighted by Gasteiger charge is 2.26. The van der Waals surface area contributed by atoms with Gasteiger partial charge in [-0.05, 0) is 31.0 Å². The molecule has 0 spiro atoms. The predicted molar refractivity (Wildman–Crippen MR) is 65.5 cm³/mol. The molecule has 0 aliphatic carbocycles. The lowest BCUT2D eigenvalue weighted by molar-refractivity contribution is 0.509. The minimum absolute atomic E-state index is 0.372. The summed E-state index contributed by atoms with van der Waals surface area (Å²) in [5, 5.41) is -0.727. The maximum atomic E-state index is 13.4. The van der Waals surface area contributed by atoms with Crippen LogP contribution in [-0.2, 0) is 9.84 Å². The van der Waals surface area contributed by atoms with Crippen LogP contribution in [0.3, 0.4) is 0 Å². The van der Waals surface area contributed by atoms with E-state index in [1.807, 2.05) is 0 Å². The number of hydrogen-bond acceptors (Lipinski definition) is 4. The first-order valence-corrected chi connectivity index (χ1v) is 7.14. The Bertz CT molecular complexity index is 502. The summed E-state index contributed by atoms with van der Waals surface area (Å²) in [5.74, 6) is 4.98. The average Bonchev–Trinajstić information content (AvgIpc) is 2.23. The molecule has 1 aromatic rings. The summed E-state index contributed by atoms with van der Waals surface area (Å²) < 4.78 is 36.4. The van der Waals surface area contributed by atoms with E-state index in [-0.39, 0.29) is 5.82 Å². The SMILES string of the molecule is Cc1ccc(C(NN)C(C)S(C)(=O)=O)cc1F. The molecular formula is C11H17FN2O2S. The lowest BCUT2D eigenvalue weighted by atomic mass is 10.0. The van der Waals surface area contributed by atoms with Gasteiger partial charge in [0.1, 0.15) is 5.82 Å². The van der Waals surface area contributed by atoms with Gasteiger partial charge in [0.15, 0.2) is 9.84 Å². The van der Waals surface area contributed by atoms with Gasteiger partial charge in [-0.3, -0.25) is 11.3 Å². The zero-order valence-electron chi connectivity index (χ0n) is 10.1. The molecule has 0 heterocycles. The minimum atomic E-state index is -3.25. The summed E-state index contributed by atoms with van der Waals surface area (Å²) in [5.41, 5.74) is 3.46. The van der Waals surface area contributed by atoms with Gasteiger partial charge in [-0.1, -0.05) is 12.1 Å². The molecule has 2 unspecified atom stereocenters.